The number of aromatic amines is 1. The Kier molecular flexibility index (Phi) is 4.32. The van der Waals surface area contributed by atoms with Crippen molar-refractivity contribution in [2.24, 2.45) is 5.92 Å². The number of H-pyrrole nitrogens is 1. The van der Waals surface area contributed by atoms with Crippen molar-refractivity contribution in [1.29, 1.82) is 0 Å². The highest BCUT2D eigenvalue weighted by atomic mass is 19.4. The standard InChI is InChI=1S/C14H18F3N3/c1-9(2)5-6-18-8-13-19-11-4-3-10(14(15,16)17)7-12(11)20-13/h3-4,7,9,18H,5-6,8H2,1-2H3,(H,19,20). The summed E-state index contributed by atoms with van der Waals surface area (Å²) in [5.41, 5.74) is 0.312. The third kappa shape index (κ3) is 3.72. The van der Waals surface area contributed by atoms with Crippen molar-refractivity contribution >= 4 is 11.0 Å². The fourth-order valence-corrected chi connectivity index (χ4v) is 1.92. The number of halogens is 3. The van der Waals surface area contributed by atoms with Crippen LogP contribution in [0, 0.1) is 5.92 Å². The van der Waals surface area contributed by atoms with Crippen molar-refractivity contribution < 1.29 is 13.2 Å². The van der Waals surface area contributed by atoms with Crippen molar-refractivity contribution in [3.8, 4) is 0 Å². The molecular weight excluding hydrogens is 267 g/mol. The molecule has 1 aromatic carbocycles. The minimum Gasteiger partial charge on any atom is -0.341 e. The predicted octanol–water partition coefficient (Wildman–Crippen LogP) is 3.72. The SMILES string of the molecule is CC(C)CCNCc1nc2ccc(C(F)(F)F)cc2[nH]1. The molecule has 1 aromatic heterocycles. The highest BCUT2D eigenvalue weighted by Crippen LogP contribution is 2.30. The molecule has 0 radical (unpaired) electrons. The van der Waals surface area contributed by atoms with Gasteiger partial charge >= 0.3 is 6.18 Å². The van der Waals surface area contributed by atoms with E-state index >= 15 is 0 Å². The smallest absolute Gasteiger partial charge is 0.341 e. The number of hydrogen-bond acceptors (Lipinski definition) is 2. The topological polar surface area (TPSA) is 40.7 Å². The van der Waals surface area contributed by atoms with Gasteiger partial charge in [-0.3, -0.25) is 0 Å². The molecule has 3 nitrogen and oxygen atoms in total. The van der Waals surface area contributed by atoms with Crippen molar-refractivity contribution in [2.45, 2.75) is 33.0 Å². The number of rotatable bonds is 5. The van der Waals surface area contributed by atoms with Crippen LogP contribution in [-0.2, 0) is 12.7 Å². The fourth-order valence-electron chi connectivity index (χ4n) is 1.92. The van der Waals surface area contributed by atoms with Gasteiger partial charge in [0.25, 0.3) is 0 Å². The summed E-state index contributed by atoms with van der Waals surface area (Å²) in [7, 11) is 0. The first-order valence-electron chi connectivity index (χ1n) is 6.63. The van der Waals surface area contributed by atoms with Gasteiger partial charge in [0.2, 0.25) is 0 Å². The minimum atomic E-state index is -4.32. The first-order chi connectivity index (χ1) is 9.36. The summed E-state index contributed by atoms with van der Waals surface area (Å²) in [6.07, 6.45) is -3.27. The van der Waals surface area contributed by atoms with Gasteiger partial charge in [0.1, 0.15) is 5.82 Å². The van der Waals surface area contributed by atoms with Crippen LogP contribution in [0.25, 0.3) is 11.0 Å². The number of imidazole rings is 1. The van der Waals surface area contributed by atoms with Crippen molar-refractivity contribution in [2.75, 3.05) is 6.54 Å². The molecule has 0 atom stereocenters. The molecule has 2 aromatic rings. The van der Waals surface area contributed by atoms with Gasteiger partial charge in [0.05, 0.1) is 23.1 Å². The maximum absolute atomic E-state index is 12.6. The zero-order valence-electron chi connectivity index (χ0n) is 11.5. The number of fused-ring (bicyclic) bond motifs is 1. The zero-order chi connectivity index (χ0) is 14.8. The third-order valence-electron chi connectivity index (χ3n) is 3.05. The van der Waals surface area contributed by atoms with Gasteiger partial charge in [-0.05, 0) is 37.1 Å². The van der Waals surface area contributed by atoms with E-state index in [-0.39, 0.29) is 0 Å². The van der Waals surface area contributed by atoms with E-state index < -0.39 is 11.7 Å². The quantitative estimate of drug-likeness (QED) is 0.822. The molecule has 0 fully saturated rings. The van der Waals surface area contributed by atoms with Crippen LogP contribution in [0.1, 0.15) is 31.7 Å². The van der Waals surface area contributed by atoms with Gasteiger partial charge in [0, 0.05) is 0 Å². The van der Waals surface area contributed by atoms with E-state index in [0.29, 0.717) is 29.3 Å². The van der Waals surface area contributed by atoms with Crippen LogP contribution in [-0.4, -0.2) is 16.5 Å². The summed E-state index contributed by atoms with van der Waals surface area (Å²) in [6.45, 7) is 5.67. The third-order valence-corrected chi connectivity index (χ3v) is 3.05. The number of hydrogen-bond donors (Lipinski definition) is 2. The zero-order valence-corrected chi connectivity index (χ0v) is 11.5. The lowest BCUT2D eigenvalue weighted by Gasteiger charge is -2.05. The van der Waals surface area contributed by atoms with Gasteiger partial charge in [-0.15, -0.1) is 0 Å². The Bertz CT molecular complexity index is 573. The van der Waals surface area contributed by atoms with Crippen LogP contribution < -0.4 is 5.32 Å². The molecule has 0 bridgehead atoms. The molecule has 0 saturated carbocycles. The Morgan fingerprint density at radius 2 is 2.05 bits per heavy atom. The van der Waals surface area contributed by atoms with E-state index in [4.69, 9.17) is 0 Å². The molecular formula is C14H18F3N3. The maximum atomic E-state index is 12.6. The molecule has 110 valence electrons. The molecule has 0 unspecified atom stereocenters. The Balaban J connectivity index is 2.06. The molecule has 0 amide bonds. The number of alkyl halides is 3. The van der Waals surface area contributed by atoms with Crippen molar-refractivity contribution in [1.82, 2.24) is 15.3 Å². The van der Waals surface area contributed by atoms with E-state index in [9.17, 15) is 13.2 Å². The van der Waals surface area contributed by atoms with Crippen LogP contribution in [0.3, 0.4) is 0 Å². The molecule has 20 heavy (non-hydrogen) atoms. The molecule has 1 heterocycles. The van der Waals surface area contributed by atoms with E-state index in [1.807, 2.05) is 0 Å². The van der Waals surface area contributed by atoms with Crippen LogP contribution in [0.15, 0.2) is 18.2 Å². The van der Waals surface area contributed by atoms with E-state index in [2.05, 4.69) is 29.1 Å². The lowest BCUT2D eigenvalue weighted by molar-refractivity contribution is -0.137. The summed E-state index contributed by atoms with van der Waals surface area (Å²) >= 11 is 0. The molecule has 0 aliphatic rings. The van der Waals surface area contributed by atoms with Gasteiger partial charge in [-0.2, -0.15) is 13.2 Å². The number of nitrogens with zero attached hydrogens (tertiary/aromatic N) is 1. The highest BCUT2D eigenvalue weighted by molar-refractivity contribution is 5.76. The second-order valence-electron chi connectivity index (χ2n) is 5.27. The summed E-state index contributed by atoms with van der Waals surface area (Å²) in [6, 6.07) is 3.55. The predicted molar refractivity (Wildman–Crippen MR) is 72.3 cm³/mol. The lowest BCUT2D eigenvalue weighted by atomic mass is 10.1. The second kappa shape index (κ2) is 5.83. The summed E-state index contributed by atoms with van der Waals surface area (Å²) < 4.78 is 37.8. The Morgan fingerprint density at radius 1 is 1.30 bits per heavy atom. The van der Waals surface area contributed by atoms with Gasteiger partial charge in [-0.25, -0.2) is 4.98 Å². The minimum absolute atomic E-state index is 0.417. The van der Waals surface area contributed by atoms with E-state index in [1.54, 1.807) is 0 Å². The lowest BCUT2D eigenvalue weighted by Crippen LogP contribution is -2.17. The van der Waals surface area contributed by atoms with E-state index in [0.717, 1.165) is 25.1 Å². The van der Waals surface area contributed by atoms with Crippen LogP contribution in [0.4, 0.5) is 13.2 Å². The van der Waals surface area contributed by atoms with Crippen LogP contribution >= 0.6 is 0 Å². The maximum Gasteiger partial charge on any atom is 0.416 e. The van der Waals surface area contributed by atoms with Crippen molar-refractivity contribution in [3.05, 3.63) is 29.6 Å². The Hall–Kier alpha value is -1.56. The molecule has 2 N–H and O–H groups in total. The second-order valence-corrected chi connectivity index (χ2v) is 5.27. The summed E-state index contributed by atoms with van der Waals surface area (Å²) in [5.74, 6) is 1.27. The normalized spacial score (nSPS) is 12.5. The molecule has 0 aliphatic heterocycles. The van der Waals surface area contributed by atoms with Gasteiger partial charge < -0.3 is 10.3 Å². The average molecular weight is 285 g/mol. The first-order valence-corrected chi connectivity index (χ1v) is 6.63. The molecule has 0 saturated heterocycles. The van der Waals surface area contributed by atoms with Crippen molar-refractivity contribution in [3.63, 3.8) is 0 Å². The van der Waals surface area contributed by atoms with Gasteiger partial charge in [0.15, 0.2) is 0 Å². The van der Waals surface area contributed by atoms with Crippen LogP contribution in [0.5, 0.6) is 0 Å². The van der Waals surface area contributed by atoms with Crippen LogP contribution in [0.2, 0.25) is 0 Å². The van der Waals surface area contributed by atoms with E-state index in [1.165, 1.54) is 6.07 Å². The first kappa shape index (κ1) is 14.8. The summed E-state index contributed by atoms with van der Waals surface area (Å²) in [4.78, 5) is 7.19. The monoisotopic (exact) mass is 285 g/mol. The largest absolute Gasteiger partial charge is 0.416 e. The highest BCUT2D eigenvalue weighted by Gasteiger charge is 2.30. The number of nitrogens with one attached hydrogen (secondary N) is 2. The Labute approximate surface area is 115 Å². The molecule has 0 spiro atoms. The average Bonchev–Trinajstić information content (AvgIpc) is 2.74. The van der Waals surface area contributed by atoms with Gasteiger partial charge in [-0.1, -0.05) is 13.8 Å². The fraction of sp³-hybridized carbons (Fsp3) is 0.500. The number of benzene rings is 1. The molecule has 0 aliphatic carbocycles. The number of aromatic nitrogens is 2. The molecule has 6 heteroatoms. The summed E-state index contributed by atoms with van der Waals surface area (Å²) in [5, 5.41) is 3.22. The Morgan fingerprint density at radius 3 is 2.70 bits per heavy atom. The molecule has 2 rings (SSSR count).